The molecule has 0 bridgehead atoms. The third-order valence-electron chi connectivity index (χ3n) is 3.70. The Morgan fingerprint density at radius 3 is 3.15 bits per heavy atom. The second kappa shape index (κ2) is 5.38. The van der Waals surface area contributed by atoms with Gasteiger partial charge in [0.1, 0.15) is 17.0 Å². The van der Waals surface area contributed by atoms with Crippen molar-refractivity contribution in [1.82, 2.24) is 9.88 Å². The molecule has 0 spiro atoms. The van der Waals surface area contributed by atoms with Crippen molar-refractivity contribution in [3.8, 4) is 10.6 Å². The van der Waals surface area contributed by atoms with Crippen molar-refractivity contribution in [2.24, 2.45) is 5.92 Å². The first-order chi connectivity index (χ1) is 9.65. The number of piperidine rings is 1. The summed E-state index contributed by atoms with van der Waals surface area (Å²) < 4.78 is 5.02. The standard InChI is InChI=1S/C14H16N2O3S/c1-9-2-4-16(6-12(9)17)14(18)11-8-20-13(15-11)10-3-5-19-7-10/h3,5,7-9,12,17H,2,4,6H2,1H3. The van der Waals surface area contributed by atoms with Crippen molar-refractivity contribution in [2.75, 3.05) is 13.1 Å². The molecule has 2 atom stereocenters. The van der Waals surface area contributed by atoms with Gasteiger partial charge in [-0.25, -0.2) is 4.98 Å². The molecule has 1 N–H and O–H groups in total. The molecule has 2 aromatic heterocycles. The Morgan fingerprint density at radius 2 is 2.45 bits per heavy atom. The molecular weight excluding hydrogens is 276 g/mol. The number of carbonyl (C=O) groups is 1. The molecule has 106 valence electrons. The third-order valence-corrected chi connectivity index (χ3v) is 4.59. The summed E-state index contributed by atoms with van der Waals surface area (Å²) in [5.41, 5.74) is 1.31. The van der Waals surface area contributed by atoms with Gasteiger partial charge in [-0.15, -0.1) is 11.3 Å². The van der Waals surface area contributed by atoms with E-state index in [9.17, 15) is 9.90 Å². The van der Waals surface area contributed by atoms with Crippen molar-refractivity contribution < 1.29 is 14.3 Å². The van der Waals surface area contributed by atoms with Gasteiger partial charge in [0, 0.05) is 24.0 Å². The van der Waals surface area contributed by atoms with Crippen LogP contribution in [0.5, 0.6) is 0 Å². The van der Waals surface area contributed by atoms with E-state index in [2.05, 4.69) is 4.98 Å². The van der Waals surface area contributed by atoms with Gasteiger partial charge >= 0.3 is 0 Å². The number of β-amino-alcohol motifs (C(OH)–C–C–N with tert-alkyl or cyclic N) is 1. The highest BCUT2D eigenvalue weighted by molar-refractivity contribution is 7.13. The van der Waals surface area contributed by atoms with E-state index in [1.807, 2.05) is 13.0 Å². The van der Waals surface area contributed by atoms with Gasteiger partial charge in [0.25, 0.3) is 5.91 Å². The summed E-state index contributed by atoms with van der Waals surface area (Å²) in [5.74, 6) is 0.137. The fraction of sp³-hybridized carbons (Fsp3) is 0.429. The molecule has 3 heterocycles. The van der Waals surface area contributed by atoms with Crippen molar-refractivity contribution in [1.29, 1.82) is 0 Å². The fourth-order valence-corrected chi connectivity index (χ4v) is 3.07. The van der Waals surface area contributed by atoms with E-state index in [1.54, 1.807) is 22.8 Å². The molecule has 2 aromatic rings. The van der Waals surface area contributed by atoms with Crippen molar-refractivity contribution in [3.05, 3.63) is 29.7 Å². The number of aliphatic hydroxyl groups is 1. The van der Waals surface area contributed by atoms with Crippen LogP contribution >= 0.6 is 11.3 Å². The number of hydrogen-bond acceptors (Lipinski definition) is 5. The number of aliphatic hydroxyl groups excluding tert-OH is 1. The minimum Gasteiger partial charge on any atom is -0.472 e. The zero-order valence-electron chi connectivity index (χ0n) is 11.2. The van der Waals surface area contributed by atoms with Crippen LogP contribution in [0.3, 0.4) is 0 Å². The average Bonchev–Trinajstić information content (AvgIpc) is 3.11. The Labute approximate surface area is 120 Å². The molecule has 0 aliphatic carbocycles. The molecule has 1 saturated heterocycles. The van der Waals surface area contributed by atoms with Crippen molar-refractivity contribution >= 4 is 17.2 Å². The van der Waals surface area contributed by atoms with Crippen LogP contribution < -0.4 is 0 Å². The van der Waals surface area contributed by atoms with Crippen LogP contribution in [0.25, 0.3) is 10.6 Å². The number of amides is 1. The fourth-order valence-electron chi connectivity index (χ4n) is 2.29. The molecule has 0 aromatic carbocycles. The zero-order valence-corrected chi connectivity index (χ0v) is 12.0. The molecule has 1 aliphatic heterocycles. The van der Waals surface area contributed by atoms with Gasteiger partial charge in [-0.05, 0) is 18.4 Å². The van der Waals surface area contributed by atoms with E-state index in [1.165, 1.54) is 11.3 Å². The maximum Gasteiger partial charge on any atom is 0.273 e. The summed E-state index contributed by atoms with van der Waals surface area (Å²) in [6, 6.07) is 1.82. The van der Waals surface area contributed by atoms with E-state index in [-0.39, 0.29) is 11.8 Å². The van der Waals surface area contributed by atoms with E-state index in [0.717, 1.165) is 17.0 Å². The summed E-state index contributed by atoms with van der Waals surface area (Å²) in [6.07, 6.45) is 3.57. The summed E-state index contributed by atoms with van der Waals surface area (Å²) in [5, 5.41) is 12.4. The first-order valence-electron chi connectivity index (χ1n) is 6.60. The highest BCUT2D eigenvalue weighted by Gasteiger charge is 2.28. The summed E-state index contributed by atoms with van der Waals surface area (Å²) >= 11 is 1.42. The highest BCUT2D eigenvalue weighted by atomic mass is 32.1. The highest BCUT2D eigenvalue weighted by Crippen LogP contribution is 2.25. The summed E-state index contributed by atoms with van der Waals surface area (Å²) in [4.78, 5) is 18.4. The summed E-state index contributed by atoms with van der Waals surface area (Å²) in [7, 11) is 0. The molecule has 1 aliphatic rings. The van der Waals surface area contributed by atoms with Crippen LogP contribution in [0.4, 0.5) is 0 Å². The molecule has 5 nitrogen and oxygen atoms in total. The molecule has 20 heavy (non-hydrogen) atoms. The first kappa shape index (κ1) is 13.3. The second-order valence-corrected chi connectivity index (χ2v) is 5.99. The lowest BCUT2D eigenvalue weighted by Crippen LogP contribution is -2.45. The molecule has 3 rings (SSSR count). The lowest BCUT2D eigenvalue weighted by molar-refractivity contribution is 0.0246. The van der Waals surface area contributed by atoms with Gasteiger partial charge in [-0.1, -0.05) is 6.92 Å². The number of furan rings is 1. The minimum atomic E-state index is -0.445. The Kier molecular flexibility index (Phi) is 3.58. The van der Waals surface area contributed by atoms with Crippen molar-refractivity contribution in [2.45, 2.75) is 19.4 Å². The number of thiazole rings is 1. The van der Waals surface area contributed by atoms with E-state index in [4.69, 9.17) is 4.42 Å². The Balaban J connectivity index is 1.75. The van der Waals surface area contributed by atoms with Gasteiger partial charge in [-0.2, -0.15) is 0 Å². The first-order valence-corrected chi connectivity index (χ1v) is 7.48. The SMILES string of the molecule is CC1CCN(C(=O)c2csc(-c3ccoc3)n2)CC1O. The molecule has 0 radical (unpaired) electrons. The molecular formula is C14H16N2O3S. The number of rotatable bonds is 2. The van der Waals surface area contributed by atoms with E-state index < -0.39 is 6.10 Å². The quantitative estimate of drug-likeness (QED) is 0.922. The van der Waals surface area contributed by atoms with E-state index >= 15 is 0 Å². The summed E-state index contributed by atoms with van der Waals surface area (Å²) in [6.45, 7) is 3.07. The van der Waals surface area contributed by atoms with Gasteiger partial charge in [0.2, 0.25) is 0 Å². The second-order valence-electron chi connectivity index (χ2n) is 5.13. The van der Waals surface area contributed by atoms with Crippen LogP contribution in [-0.4, -0.2) is 40.1 Å². The zero-order chi connectivity index (χ0) is 14.1. The van der Waals surface area contributed by atoms with Crippen molar-refractivity contribution in [3.63, 3.8) is 0 Å². The number of aromatic nitrogens is 1. The predicted molar refractivity (Wildman–Crippen MR) is 75.5 cm³/mol. The lowest BCUT2D eigenvalue weighted by Gasteiger charge is -2.33. The Morgan fingerprint density at radius 1 is 1.60 bits per heavy atom. The van der Waals surface area contributed by atoms with Crippen LogP contribution in [0.1, 0.15) is 23.8 Å². The molecule has 6 heteroatoms. The predicted octanol–water partition coefficient (Wildman–Crippen LogP) is 2.25. The number of nitrogens with zero attached hydrogens (tertiary/aromatic N) is 2. The third kappa shape index (κ3) is 2.48. The monoisotopic (exact) mass is 292 g/mol. The molecule has 0 saturated carbocycles. The number of likely N-dealkylation sites (tertiary alicyclic amines) is 1. The average molecular weight is 292 g/mol. The normalized spacial score (nSPS) is 23.0. The minimum absolute atomic E-state index is 0.109. The van der Waals surface area contributed by atoms with Crippen LogP contribution in [0, 0.1) is 5.92 Å². The topological polar surface area (TPSA) is 66.6 Å². The maximum absolute atomic E-state index is 12.4. The van der Waals surface area contributed by atoms with Gasteiger partial charge in [0.05, 0.1) is 12.4 Å². The number of hydrogen-bond donors (Lipinski definition) is 1. The smallest absolute Gasteiger partial charge is 0.273 e. The van der Waals surface area contributed by atoms with Gasteiger partial charge < -0.3 is 14.4 Å². The van der Waals surface area contributed by atoms with Gasteiger partial charge in [-0.3, -0.25) is 4.79 Å². The van der Waals surface area contributed by atoms with Crippen LogP contribution in [0.15, 0.2) is 28.4 Å². The number of carbonyl (C=O) groups excluding carboxylic acids is 1. The van der Waals surface area contributed by atoms with Crippen LogP contribution in [0.2, 0.25) is 0 Å². The molecule has 2 unspecified atom stereocenters. The molecule has 1 fully saturated rings. The Bertz CT molecular complexity index is 593. The molecule has 1 amide bonds. The largest absolute Gasteiger partial charge is 0.472 e. The van der Waals surface area contributed by atoms with Crippen LogP contribution in [-0.2, 0) is 0 Å². The maximum atomic E-state index is 12.4. The Hall–Kier alpha value is -1.66. The van der Waals surface area contributed by atoms with E-state index in [0.29, 0.717) is 18.8 Å². The lowest BCUT2D eigenvalue weighted by atomic mass is 9.96. The van der Waals surface area contributed by atoms with Gasteiger partial charge in [0.15, 0.2) is 0 Å².